The Hall–Kier alpha value is -2.02. The predicted octanol–water partition coefficient (Wildman–Crippen LogP) is -0.0602. The summed E-state index contributed by atoms with van der Waals surface area (Å²) in [7, 11) is 0. The molecule has 0 radical (unpaired) electrons. The van der Waals surface area contributed by atoms with Crippen molar-refractivity contribution in [3.05, 3.63) is 0 Å². The molecule has 102 valence electrons. The van der Waals surface area contributed by atoms with Gasteiger partial charge in [-0.1, -0.05) is 0 Å². The highest BCUT2D eigenvalue weighted by Gasteiger charge is 1.90. The number of aliphatic carboxylic acids is 2. The van der Waals surface area contributed by atoms with Crippen LogP contribution in [0.15, 0.2) is 0 Å². The van der Waals surface area contributed by atoms with Gasteiger partial charge in [-0.2, -0.15) is 0 Å². The molecule has 0 aliphatic carbocycles. The number of rotatable bonds is 5. The van der Waals surface area contributed by atoms with Gasteiger partial charge in [0.2, 0.25) is 0 Å². The monoisotopic (exact) mass is 258 g/mol. The fraction of sp³-hybridized carbons (Fsp3) is 0.500. The van der Waals surface area contributed by atoms with E-state index in [0.29, 0.717) is 12.8 Å². The number of carboxylic acids is 2. The largest absolute Gasteiger partial charge is 0.481 e. The molecule has 0 heterocycles. The van der Waals surface area contributed by atoms with Crippen molar-refractivity contribution < 1.29 is 30.0 Å². The quantitative estimate of drug-likeness (QED) is 0.513. The standard InChI is InChI=1S/2C5H6O2.C2H6O2/c2*1-2-3-4-5(6)7;3-1-2-4/h2*1H,3-4H2,(H,6,7);3-4H,1-2H2. The first kappa shape index (κ1) is 21.3. The maximum Gasteiger partial charge on any atom is 0.304 e. The number of carbonyl (C=O) groups is 2. The first-order chi connectivity index (χ1) is 8.45. The van der Waals surface area contributed by atoms with Crippen molar-refractivity contribution >= 4 is 11.9 Å². The lowest BCUT2D eigenvalue weighted by molar-refractivity contribution is -0.137. The van der Waals surface area contributed by atoms with Crippen molar-refractivity contribution in [2.45, 2.75) is 25.7 Å². The Labute approximate surface area is 106 Å². The van der Waals surface area contributed by atoms with Gasteiger partial charge in [-0.3, -0.25) is 9.59 Å². The van der Waals surface area contributed by atoms with Gasteiger partial charge in [0, 0.05) is 12.8 Å². The van der Waals surface area contributed by atoms with E-state index in [9.17, 15) is 9.59 Å². The van der Waals surface area contributed by atoms with Crippen LogP contribution in [0.1, 0.15) is 25.7 Å². The van der Waals surface area contributed by atoms with Gasteiger partial charge < -0.3 is 20.4 Å². The number of carboxylic acid groups (broad SMARTS) is 2. The second-order valence-electron chi connectivity index (χ2n) is 2.64. The summed E-state index contributed by atoms with van der Waals surface area (Å²) in [4.78, 5) is 19.3. The molecule has 0 bridgehead atoms. The van der Waals surface area contributed by atoms with Gasteiger partial charge in [-0.25, -0.2) is 0 Å². The fourth-order valence-electron chi connectivity index (χ4n) is 0.358. The molecular formula is C12H18O6. The van der Waals surface area contributed by atoms with Crippen molar-refractivity contribution in [3.8, 4) is 24.7 Å². The van der Waals surface area contributed by atoms with Crippen molar-refractivity contribution in [1.82, 2.24) is 0 Å². The molecule has 4 N–H and O–H groups in total. The van der Waals surface area contributed by atoms with Crippen LogP contribution in [-0.4, -0.2) is 45.6 Å². The van der Waals surface area contributed by atoms with Crippen molar-refractivity contribution in [3.63, 3.8) is 0 Å². The first-order valence-corrected chi connectivity index (χ1v) is 4.98. The summed E-state index contributed by atoms with van der Waals surface area (Å²) in [5.74, 6) is 2.77. The molecule has 0 unspecified atom stereocenters. The van der Waals surface area contributed by atoms with E-state index in [1.165, 1.54) is 0 Å². The van der Waals surface area contributed by atoms with Crippen LogP contribution in [0.5, 0.6) is 0 Å². The van der Waals surface area contributed by atoms with Gasteiger partial charge in [-0.15, -0.1) is 24.7 Å². The van der Waals surface area contributed by atoms with Crippen molar-refractivity contribution in [1.29, 1.82) is 0 Å². The van der Waals surface area contributed by atoms with Gasteiger partial charge >= 0.3 is 11.9 Å². The second-order valence-corrected chi connectivity index (χ2v) is 2.64. The molecule has 6 nitrogen and oxygen atoms in total. The molecule has 0 atom stereocenters. The molecule has 18 heavy (non-hydrogen) atoms. The average Bonchev–Trinajstić information content (AvgIpc) is 2.34. The third kappa shape index (κ3) is 48.3. The van der Waals surface area contributed by atoms with Crippen molar-refractivity contribution in [2.75, 3.05) is 13.2 Å². The molecule has 0 aliphatic rings. The summed E-state index contributed by atoms with van der Waals surface area (Å²) in [6.45, 7) is -0.250. The second kappa shape index (κ2) is 20.4. The summed E-state index contributed by atoms with van der Waals surface area (Å²) in [5, 5.41) is 31.1. The van der Waals surface area contributed by atoms with Crippen LogP contribution >= 0.6 is 0 Å². The maximum absolute atomic E-state index is 9.66. The molecule has 0 aromatic rings. The number of aliphatic hydroxyl groups excluding tert-OH is 2. The smallest absolute Gasteiger partial charge is 0.304 e. The summed E-state index contributed by atoms with van der Waals surface area (Å²) in [6.07, 6.45) is 10.3. The minimum absolute atomic E-state index is 0.0799. The zero-order chi connectivity index (χ0) is 14.8. The third-order valence-corrected chi connectivity index (χ3v) is 1.07. The molecule has 0 rings (SSSR count). The normalized spacial score (nSPS) is 7.33. The van der Waals surface area contributed by atoms with Crippen LogP contribution in [0, 0.1) is 24.7 Å². The Morgan fingerprint density at radius 3 is 1.17 bits per heavy atom. The van der Waals surface area contributed by atoms with Crippen LogP contribution in [-0.2, 0) is 9.59 Å². The van der Waals surface area contributed by atoms with Gasteiger partial charge in [-0.05, 0) is 0 Å². The Morgan fingerprint density at radius 2 is 1.11 bits per heavy atom. The van der Waals surface area contributed by atoms with E-state index in [4.69, 9.17) is 33.3 Å². The molecular weight excluding hydrogens is 240 g/mol. The van der Waals surface area contributed by atoms with Gasteiger partial charge in [0.15, 0.2) is 0 Å². The minimum Gasteiger partial charge on any atom is -0.481 e. The maximum atomic E-state index is 9.66. The summed E-state index contributed by atoms with van der Waals surface area (Å²) >= 11 is 0. The molecule has 0 fully saturated rings. The molecule has 6 heteroatoms. The lowest BCUT2D eigenvalue weighted by Gasteiger charge is -1.80. The first-order valence-electron chi connectivity index (χ1n) is 4.98. The molecule has 0 spiro atoms. The van der Waals surface area contributed by atoms with Gasteiger partial charge in [0.1, 0.15) is 0 Å². The van der Waals surface area contributed by atoms with Crippen LogP contribution in [0.25, 0.3) is 0 Å². The van der Waals surface area contributed by atoms with E-state index in [-0.39, 0.29) is 26.1 Å². The minimum atomic E-state index is -0.835. The molecule has 0 saturated carbocycles. The third-order valence-electron chi connectivity index (χ3n) is 1.07. The van der Waals surface area contributed by atoms with E-state index >= 15 is 0 Å². The summed E-state index contributed by atoms with van der Waals surface area (Å²) in [6, 6.07) is 0. The molecule has 0 aromatic heterocycles. The zero-order valence-electron chi connectivity index (χ0n) is 10.0. The highest BCUT2D eigenvalue weighted by molar-refractivity contribution is 5.67. The number of aliphatic hydroxyl groups is 2. The van der Waals surface area contributed by atoms with Crippen LogP contribution in [0.4, 0.5) is 0 Å². The molecule has 0 aliphatic heterocycles. The Kier molecular flexibility index (Phi) is 24.1. The lowest BCUT2D eigenvalue weighted by Crippen LogP contribution is -1.91. The number of terminal acetylenes is 2. The van der Waals surface area contributed by atoms with Crippen LogP contribution in [0.3, 0.4) is 0 Å². The SMILES string of the molecule is C#CCCC(=O)O.C#CCCC(=O)O.OCCO. The van der Waals surface area contributed by atoms with E-state index in [2.05, 4.69) is 11.8 Å². The van der Waals surface area contributed by atoms with Crippen molar-refractivity contribution in [2.24, 2.45) is 0 Å². The van der Waals surface area contributed by atoms with Gasteiger partial charge in [0.05, 0.1) is 26.1 Å². The Bertz CT molecular complexity index is 254. The molecule has 0 amide bonds. The van der Waals surface area contributed by atoms with E-state index in [1.54, 1.807) is 0 Å². The van der Waals surface area contributed by atoms with Gasteiger partial charge in [0.25, 0.3) is 0 Å². The number of hydrogen-bond acceptors (Lipinski definition) is 4. The highest BCUT2D eigenvalue weighted by atomic mass is 16.4. The van der Waals surface area contributed by atoms with Crippen LogP contribution in [0.2, 0.25) is 0 Å². The Balaban J connectivity index is -0.000000196. The average molecular weight is 258 g/mol. The van der Waals surface area contributed by atoms with E-state index < -0.39 is 11.9 Å². The van der Waals surface area contributed by atoms with E-state index in [1.807, 2.05) is 0 Å². The summed E-state index contributed by atoms with van der Waals surface area (Å²) < 4.78 is 0. The zero-order valence-corrected chi connectivity index (χ0v) is 10.0. The predicted molar refractivity (Wildman–Crippen MR) is 65.6 cm³/mol. The summed E-state index contributed by atoms with van der Waals surface area (Å²) in [5.41, 5.74) is 0. The lowest BCUT2D eigenvalue weighted by atomic mass is 10.3. The topological polar surface area (TPSA) is 115 Å². The fourth-order valence-corrected chi connectivity index (χ4v) is 0.358. The Morgan fingerprint density at radius 1 is 0.833 bits per heavy atom. The highest BCUT2D eigenvalue weighted by Crippen LogP contribution is 1.83. The molecule has 0 aromatic carbocycles. The molecule has 0 saturated heterocycles. The van der Waals surface area contributed by atoms with E-state index in [0.717, 1.165) is 0 Å². The van der Waals surface area contributed by atoms with Crippen LogP contribution < -0.4 is 0 Å². The number of hydrogen-bond donors (Lipinski definition) is 4.